The average molecular weight is 167 g/mol. The molecule has 0 aliphatic rings. The van der Waals surface area contributed by atoms with E-state index >= 15 is 0 Å². The van der Waals surface area contributed by atoms with Crippen molar-refractivity contribution in [2.24, 2.45) is 5.73 Å². The van der Waals surface area contributed by atoms with Crippen molar-refractivity contribution in [1.82, 2.24) is 0 Å². The minimum atomic E-state index is -0.634. The van der Waals surface area contributed by atoms with Crippen LogP contribution in [0, 0.1) is 5.82 Å². The van der Waals surface area contributed by atoms with E-state index in [1.165, 1.54) is 31.2 Å². The standard InChI is InChI=1S/C9H10FNO/c1-6(12)9(11)7-2-4-8(10)5-3-7/h2-5,9H,11H2,1H3/t9-/m1/s1. The maximum absolute atomic E-state index is 12.4. The van der Waals surface area contributed by atoms with Crippen molar-refractivity contribution >= 4 is 5.78 Å². The number of carbonyl (C=O) groups excluding carboxylic acids is 1. The number of nitrogens with two attached hydrogens (primary N) is 1. The Hall–Kier alpha value is -1.22. The van der Waals surface area contributed by atoms with Crippen LogP contribution in [0.4, 0.5) is 4.39 Å². The highest BCUT2D eigenvalue weighted by molar-refractivity contribution is 5.82. The summed E-state index contributed by atoms with van der Waals surface area (Å²) in [5.74, 6) is -0.448. The first kappa shape index (κ1) is 8.87. The SMILES string of the molecule is CC(=O)[C@@H](N)c1ccc(F)cc1. The number of hydrogen-bond donors (Lipinski definition) is 1. The largest absolute Gasteiger partial charge is 0.318 e. The molecule has 3 heteroatoms. The summed E-state index contributed by atoms with van der Waals surface area (Å²) in [7, 11) is 0. The quantitative estimate of drug-likeness (QED) is 0.723. The Morgan fingerprint density at radius 1 is 1.42 bits per heavy atom. The maximum Gasteiger partial charge on any atom is 0.150 e. The minimum absolute atomic E-state index is 0.124. The third-order valence-corrected chi connectivity index (χ3v) is 1.67. The number of benzene rings is 1. The lowest BCUT2D eigenvalue weighted by Crippen LogP contribution is -2.18. The van der Waals surface area contributed by atoms with Gasteiger partial charge < -0.3 is 5.73 Å². The molecule has 0 bridgehead atoms. The van der Waals surface area contributed by atoms with Crippen molar-refractivity contribution in [3.63, 3.8) is 0 Å². The Bertz CT molecular complexity index is 281. The normalized spacial score (nSPS) is 12.6. The van der Waals surface area contributed by atoms with Gasteiger partial charge in [0, 0.05) is 0 Å². The molecular weight excluding hydrogens is 157 g/mol. The fraction of sp³-hybridized carbons (Fsp3) is 0.222. The van der Waals surface area contributed by atoms with Gasteiger partial charge >= 0.3 is 0 Å². The monoisotopic (exact) mass is 167 g/mol. The van der Waals surface area contributed by atoms with E-state index < -0.39 is 6.04 Å². The topological polar surface area (TPSA) is 43.1 Å². The lowest BCUT2D eigenvalue weighted by Gasteiger charge is -2.06. The predicted octanol–water partition coefficient (Wildman–Crippen LogP) is 1.41. The molecule has 0 saturated carbocycles. The van der Waals surface area contributed by atoms with Gasteiger partial charge in [-0.1, -0.05) is 12.1 Å². The molecule has 0 unspecified atom stereocenters. The van der Waals surface area contributed by atoms with Gasteiger partial charge in [0.25, 0.3) is 0 Å². The van der Waals surface area contributed by atoms with Crippen LogP contribution in [0.1, 0.15) is 18.5 Å². The van der Waals surface area contributed by atoms with Crippen molar-refractivity contribution in [3.05, 3.63) is 35.6 Å². The third-order valence-electron chi connectivity index (χ3n) is 1.67. The molecule has 12 heavy (non-hydrogen) atoms. The number of Topliss-reactive ketones (excluding diaryl/α,β-unsaturated/α-hetero) is 1. The summed E-state index contributed by atoms with van der Waals surface area (Å²) in [6, 6.07) is 4.98. The van der Waals surface area contributed by atoms with E-state index in [4.69, 9.17) is 5.73 Å². The van der Waals surface area contributed by atoms with Crippen LogP contribution in [0.5, 0.6) is 0 Å². The smallest absolute Gasteiger partial charge is 0.150 e. The zero-order chi connectivity index (χ0) is 9.14. The fourth-order valence-corrected chi connectivity index (χ4v) is 0.905. The van der Waals surface area contributed by atoms with Crippen molar-refractivity contribution < 1.29 is 9.18 Å². The number of halogens is 1. The number of hydrogen-bond acceptors (Lipinski definition) is 2. The highest BCUT2D eigenvalue weighted by atomic mass is 19.1. The summed E-state index contributed by atoms with van der Waals surface area (Å²) in [6.45, 7) is 1.41. The Balaban J connectivity index is 2.89. The summed E-state index contributed by atoms with van der Waals surface area (Å²) < 4.78 is 12.4. The molecule has 1 atom stereocenters. The first-order valence-corrected chi connectivity index (χ1v) is 3.63. The van der Waals surface area contributed by atoms with Gasteiger partial charge in [-0.15, -0.1) is 0 Å². The highest BCUT2D eigenvalue weighted by Crippen LogP contribution is 2.11. The lowest BCUT2D eigenvalue weighted by molar-refractivity contribution is -0.118. The molecule has 0 amide bonds. The van der Waals surface area contributed by atoms with Crippen LogP contribution >= 0.6 is 0 Å². The first-order chi connectivity index (χ1) is 5.61. The summed E-state index contributed by atoms with van der Waals surface area (Å²) >= 11 is 0. The van der Waals surface area contributed by atoms with Crippen LogP contribution in [0.25, 0.3) is 0 Å². The zero-order valence-electron chi connectivity index (χ0n) is 6.75. The van der Waals surface area contributed by atoms with E-state index in [1.807, 2.05) is 0 Å². The first-order valence-electron chi connectivity index (χ1n) is 3.63. The fourth-order valence-electron chi connectivity index (χ4n) is 0.905. The molecule has 2 N–H and O–H groups in total. The highest BCUT2D eigenvalue weighted by Gasteiger charge is 2.09. The number of rotatable bonds is 2. The average Bonchev–Trinajstić information content (AvgIpc) is 2.04. The van der Waals surface area contributed by atoms with Crippen molar-refractivity contribution in [3.8, 4) is 0 Å². The molecule has 0 fully saturated rings. The van der Waals surface area contributed by atoms with E-state index in [2.05, 4.69) is 0 Å². The number of ketones is 1. The second-order valence-electron chi connectivity index (χ2n) is 2.64. The van der Waals surface area contributed by atoms with E-state index in [1.54, 1.807) is 0 Å². The van der Waals surface area contributed by atoms with Gasteiger partial charge in [0.1, 0.15) is 5.82 Å². The molecule has 2 nitrogen and oxygen atoms in total. The molecule has 64 valence electrons. The molecule has 0 spiro atoms. The van der Waals surface area contributed by atoms with Crippen molar-refractivity contribution in [1.29, 1.82) is 0 Å². The summed E-state index contributed by atoms with van der Waals surface area (Å²) in [6.07, 6.45) is 0. The number of carbonyl (C=O) groups is 1. The van der Waals surface area contributed by atoms with Crippen LogP contribution in [0.15, 0.2) is 24.3 Å². The Kier molecular flexibility index (Phi) is 2.55. The van der Waals surface area contributed by atoms with Gasteiger partial charge in [-0.25, -0.2) is 4.39 Å². The molecule has 0 saturated heterocycles. The molecular formula is C9H10FNO. The predicted molar refractivity (Wildman–Crippen MR) is 44.0 cm³/mol. The summed E-state index contributed by atoms with van der Waals surface area (Å²) in [5.41, 5.74) is 6.16. The molecule has 0 aliphatic carbocycles. The molecule has 0 aliphatic heterocycles. The zero-order valence-corrected chi connectivity index (χ0v) is 6.75. The minimum Gasteiger partial charge on any atom is -0.318 e. The van der Waals surface area contributed by atoms with Gasteiger partial charge in [-0.3, -0.25) is 4.79 Å². The lowest BCUT2D eigenvalue weighted by atomic mass is 10.1. The maximum atomic E-state index is 12.4. The van der Waals surface area contributed by atoms with Gasteiger partial charge in [0.15, 0.2) is 5.78 Å². The molecule has 0 heterocycles. The molecule has 1 aromatic carbocycles. The van der Waals surface area contributed by atoms with Crippen LogP contribution in [-0.2, 0) is 4.79 Å². The second kappa shape index (κ2) is 3.45. The van der Waals surface area contributed by atoms with E-state index in [9.17, 15) is 9.18 Å². The van der Waals surface area contributed by atoms with E-state index in [0.717, 1.165) is 0 Å². The van der Waals surface area contributed by atoms with Gasteiger partial charge in [0.2, 0.25) is 0 Å². The molecule has 0 aromatic heterocycles. The Labute approximate surface area is 70.2 Å². The van der Waals surface area contributed by atoms with E-state index in [0.29, 0.717) is 5.56 Å². The van der Waals surface area contributed by atoms with Gasteiger partial charge in [-0.2, -0.15) is 0 Å². The van der Waals surface area contributed by atoms with Crippen LogP contribution < -0.4 is 5.73 Å². The summed E-state index contributed by atoms with van der Waals surface area (Å²) in [4.78, 5) is 10.8. The van der Waals surface area contributed by atoms with Gasteiger partial charge in [-0.05, 0) is 24.6 Å². The Morgan fingerprint density at radius 3 is 2.33 bits per heavy atom. The third kappa shape index (κ3) is 1.89. The van der Waals surface area contributed by atoms with Crippen LogP contribution in [-0.4, -0.2) is 5.78 Å². The van der Waals surface area contributed by atoms with Crippen molar-refractivity contribution in [2.45, 2.75) is 13.0 Å². The molecule has 1 aromatic rings. The molecule has 1 rings (SSSR count). The summed E-state index contributed by atoms with van der Waals surface area (Å²) in [5, 5.41) is 0. The van der Waals surface area contributed by atoms with Gasteiger partial charge in [0.05, 0.1) is 6.04 Å². The van der Waals surface area contributed by atoms with E-state index in [-0.39, 0.29) is 11.6 Å². The van der Waals surface area contributed by atoms with Crippen LogP contribution in [0.3, 0.4) is 0 Å². The van der Waals surface area contributed by atoms with Crippen molar-refractivity contribution in [2.75, 3.05) is 0 Å². The van der Waals surface area contributed by atoms with Crippen LogP contribution in [0.2, 0.25) is 0 Å². The molecule has 0 radical (unpaired) electrons. The Morgan fingerprint density at radius 2 is 1.92 bits per heavy atom. The second-order valence-corrected chi connectivity index (χ2v) is 2.64.